The highest BCUT2D eigenvalue weighted by Crippen LogP contribution is 2.75. The molecule has 0 aromatic rings. The number of carboxylic acids is 1. The van der Waals surface area contributed by atoms with Gasteiger partial charge in [-0.3, -0.25) is 9.59 Å². The van der Waals surface area contributed by atoms with Gasteiger partial charge in [-0.15, -0.1) is 0 Å². The molecule has 4 saturated carbocycles. The molecule has 5 heteroatoms. The maximum Gasteiger partial charge on any atom is 0.309 e. The first-order valence-electron chi connectivity index (χ1n) is 13.8. The van der Waals surface area contributed by atoms with Gasteiger partial charge in [0.25, 0.3) is 0 Å². The van der Waals surface area contributed by atoms with Gasteiger partial charge in [0.05, 0.1) is 17.6 Å². The van der Waals surface area contributed by atoms with Crippen molar-refractivity contribution >= 4 is 11.8 Å². The van der Waals surface area contributed by atoms with E-state index in [1.165, 1.54) is 0 Å². The van der Waals surface area contributed by atoms with Gasteiger partial charge in [-0.2, -0.15) is 0 Å². The Labute approximate surface area is 210 Å². The van der Waals surface area contributed by atoms with Crippen LogP contribution in [0, 0.1) is 50.2 Å². The molecule has 0 bridgehead atoms. The Hall–Kier alpha value is -1.20. The average molecular weight is 487 g/mol. The van der Waals surface area contributed by atoms with Crippen LogP contribution in [0.2, 0.25) is 0 Å². The molecule has 0 heterocycles. The van der Waals surface area contributed by atoms with Crippen LogP contribution in [0.4, 0.5) is 0 Å². The first kappa shape index (κ1) is 25.4. The Bertz CT molecular complexity index is 999. The average Bonchev–Trinajstić information content (AvgIpc) is 2.76. The Morgan fingerprint density at radius 1 is 0.914 bits per heavy atom. The molecular formula is C30H46O5. The molecule has 5 aliphatic carbocycles. The van der Waals surface area contributed by atoms with Gasteiger partial charge in [0.1, 0.15) is 0 Å². The molecule has 0 aromatic heterocycles. The fraction of sp³-hybridized carbons (Fsp3) is 0.867. The van der Waals surface area contributed by atoms with Gasteiger partial charge in [0, 0.05) is 11.3 Å². The normalized spacial score (nSPS) is 55.1. The number of aliphatic hydroxyl groups excluding tert-OH is 2. The largest absolute Gasteiger partial charge is 0.481 e. The van der Waals surface area contributed by atoms with Gasteiger partial charge in [0.2, 0.25) is 0 Å². The summed E-state index contributed by atoms with van der Waals surface area (Å²) < 4.78 is 0. The van der Waals surface area contributed by atoms with Crippen LogP contribution in [0.15, 0.2) is 11.6 Å². The van der Waals surface area contributed by atoms with Crippen LogP contribution in [-0.4, -0.2) is 39.3 Å². The molecule has 5 rings (SSSR count). The quantitative estimate of drug-likeness (QED) is 0.462. The standard InChI is InChI=1S/C30H46O5/c1-25(2)20-15-22(33)30(7)23(28(20,5)9-8-21(25)32)19(31)14-17-18-16-27(4,24(34)35)11-10-26(18,3)12-13-29(17,30)6/h14,18,20-23,32-33H,8-13,15-16H2,1-7H3,(H,34,35)/t18-,20?,21+,22+,23-,26-,27+,28+,29-,30-/m1/s1. The third-order valence-corrected chi connectivity index (χ3v) is 13.2. The Morgan fingerprint density at radius 3 is 2.17 bits per heavy atom. The second kappa shape index (κ2) is 7.22. The summed E-state index contributed by atoms with van der Waals surface area (Å²) in [6, 6.07) is 0. The maximum atomic E-state index is 14.2. The van der Waals surface area contributed by atoms with Crippen molar-refractivity contribution in [2.75, 3.05) is 0 Å². The lowest BCUT2D eigenvalue weighted by molar-refractivity contribution is -0.238. The predicted octanol–water partition coefficient (Wildman–Crippen LogP) is 5.38. The molecule has 4 fully saturated rings. The van der Waals surface area contributed by atoms with Gasteiger partial charge in [-0.25, -0.2) is 0 Å². The highest BCUT2D eigenvalue weighted by molar-refractivity contribution is 5.96. The highest BCUT2D eigenvalue weighted by Gasteiger charge is 2.72. The maximum absolute atomic E-state index is 14.2. The van der Waals surface area contributed by atoms with Crippen LogP contribution in [0.1, 0.15) is 99.8 Å². The number of aliphatic hydroxyl groups is 2. The third-order valence-electron chi connectivity index (χ3n) is 13.2. The Balaban J connectivity index is 1.66. The lowest BCUT2D eigenvalue weighted by atomic mass is 9.33. The molecule has 35 heavy (non-hydrogen) atoms. The van der Waals surface area contributed by atoms with Crippen molar-refractivity contribution in [3.63, 3.8) is 0 Å². The van der Waals surface area contributed by atoms with Crippen LogP contribution in [0.5, 0.6) is 0 Å². The molecule has 0 saturated heterocycles. The Morgan fingerprint density at radius 2 is 1.54 bits per heavy atom. The van der Waals surface area contributed by atoms with Crippen LogP contribution >= 0.6 is 0 Å². The first-order valence-corrected chi connectivity index (χ1v) is 13.8. The molecule has 0 radical (unpaired) electrons. The molecule has 5 nitrogen and oxygen atoms in total. The molecular weight excluding hydrogens is 440 g/mol. The number of carboxylic acid groups (broad SMARTS) is 1. The van der Waals surface area contributed by atoms with Crippen LogP contribution in [0.25, 0.3) is 0 Å². The summed E-state index contributed by atoms with van der Waals surface area (Å²) in [5.41, 5.74) is -1.31. The monoisotopic (exact) mass is 486 g/mol. The second-order valence-electron chi connectivity index (χ2n) is 15.0. The summed E-state index contributed by atoms with van der Waals surface area (Å²) >= 11 is 0. The molecule has 0 amide bonds. The number of hydrogen-bond donors (Lipinski definition) is 3. The Kier molecular flexibility index (Phi) is 5.25. The lowest BCUT2D eigenvalue weighted by Crippen LogP contribution is -2.70. The number of fused-ring (bicyclic) bond motifs is 7. The topological polar surface area (TPSA) is 94.8 Å². The number of hydrogen-bond acceptors (Lipinski definition) is 4. The van der Waals surface area contributed by atoms with E-state index >= 15 is 0 Å². The number of aliphatic carboxylic acids is 1. The van der Waals surface area contributed by atoms with E-state index in [0.717, 1.165) is 31.3 Å². The van der Waals surface area contributed by atoms with Crippen molar-refractivity contribution in [1.82, 2.24) is 0 Å². The number of carbonyl (C=O) groups excluding carboxylic acids is 1. The van der Waals surface area contributed by atoms with Gasteiger partial charge in [-0.1, -0.05) is 47.1 Å². The summed E-state index contributed by atoms with van der Waals surface area (Å²) in [6.07, 6.45) is 6.91. The molecule has 196 valence electrons. The van der Waals surface area contributed by atoms with Gasteiger partial charge in [0.15, 0.2) is 5.78 Å². The molecule has 0 aromatic carbocycles. The molecule has 0 spiro atoms. The van der Waals surface area contributed by atoms with E-state index in [1.807, 2.05) is 13.0 Å². The smallest absolute Gasteiger partial charge is 0.309 e. The molecule has 10 atom stereocenters. The van der Waals surface area contributed by atoms with Crippen molar-refractivity contribution < 1.29 is 24.9 Å². The third kappa shape index (κ3) is 2.94. The van der Waals surface area contributed by atoms with Crippen molar-refractivity contribution in [2.45, 2.75) is 112 Å². The molecule has 3 N–H and O–H groups in total. The summed E-state index contributed by atoms with van der Waals surface area (Å²) in [4.78, 5) is 26.5. The van der Waals surface area contributed by atoms with E-state index in [9.17, 15) is 24.9 Å². The van der Waals surface area contributed by atoms with Crippen molar-refractivity contribution in [1.29, 1.82) is 0 Å². The van der Waals surface area contributed by atoms with Crippen LogP contribution in [-0.2, 0) is 9.59 Å². The highest BCUT2D eigenvalue weighted by atomic mass is 16.4. The fourth-order valence-corrected chi connectivity index (χ4v) is 10.3. The van der Waals surface area contributed by atoms with Crippen LogP contribution < -0.4 is 0 Å². The molecule has 1 unspecified atom stereocenters. The first-order chi connectivity index (χ1) is 16.0. The SMILES string of the molecule is CC1(C)C2C[C@H](O)[C@]3(C)[C@H](C(=O)C=C4[C@H]5C[C@@](C)(C(=O)O)CC[C@]5(C)CC[C@]43C)[C@@]2(C)CC[C@@H]1O. The van der Waals surface area contributed by atoms with Crippen molar-refractivity contribution in [3.8, 4) is 0 Å². The van der Waals surface area contributed by atoms with Gasteiger partial charge in [-0.05, 0) is 97.9 Å². The zero-order valence-corrected chi connectivity index (χ0v) is 22.8. The number of ketones is 1. The summed E-state index contributed by atoms with van der Waals surface area (Å²) in [6.45, 7) is 15.0. The lowest BCUT2D eigenvalue weighted by Gasteiger charge is -2.71. The van der Waals surface area contributed by atoms with E-state index in [2.05, 4.69) is 41.5 Å². The van der Waals surface area contributed by atoms with Crippen molar-refractivity contribution in [3.05, 3.63) is 11.6 Å². The molecule has 0 aliphatic heterocycles. The van der Waals surface area contributed by atoms with Crippen molar-refractivity contribution in [2.24, 2.45) is 50.2 Å². The summed E-state index contributed by atoms with van der Waals surface area (Å²) in [5.74, 6) is -0.823. The summed E-state index contributed by atoms with van der Waals surface area (Å²) in [5, 5.41) is 32.9. The van der Waals surface area contributed by atoms with E-state index in [4.69, 9.17) is 0 Å². The van der Waals surface area contributed by atoms with E-state index in [0.29, 0.717) is 25.7 Å². The van der Waals surface area contributed by atoms with Crippen LogP contribution in [0.3, 0.4) is 0 Å². The fourth-order valence-electron chi connectivity index (χ4n) is 10.3. The number of carbonyl (C=O) groups is 2. The minimum Gasteiger partial charge on any atom is -0.481 e. The molecule has 5 aliphatic rings. The predicted molar refractivity (Wildman–Crippen MR) is 134 cm³/mol. The zero-order valence-electron chi connectivity index (χ0n) is 22.8. The van der Waals surface area contributed by atoms with E-state index in [-0.39, 0.29) is 45.2 Å². The minimum atomic E-state index is -0.782. The zero-order chi connectivity index (χ0) is 26.0. The van der Waals surface area contributed by atoms with E-state index in [1.54, 1.807) is 0 Å². The summed E-state index contributed by atoms with van der Waals surface area (Å²) in [7, 11) is 0. The van der Waals surface area contributed by atoms with Gasteiger partial charge < -0.3 is 15.3 Å². The van der Waals surface area contributed by atoms with Gasteiger partial charge >= 0.3 is 5.97 Å². The van der Waals surface area contributed by atoms with E-state index < -0.39 is 29.0 Å². The second-order valence-corrected chi connectivity index (χ2v) is 15.0. The minimum absolute atomic E-state index is 0.00717. The number of allylic oxidation sites excluding steroid dienone is 2. The number of rotatable bonds is 1.